The zero-order valence-electron chi connectivity index (χ0n) is 80.8. The molecule has 3 aromatic carbocycles. The molecule has 6 saturated heterocycles. The number of aryl methyl sites for hydroxylation is 5. The van der Waals surface area contributed by atoms with Gasteiger partial charge in [0.25, 0.3) is 6.01 Å². The smallest absolute Gasteiger partial charge is 0.301 e. The van der Waals surface area contributed by atoms with Crippen LogP contribution in [0.2, 0.25) is 103 Å². The molecule has 732 valence electrons. The molecule has 3 unspecified atom stereocenters. The van der Waals surface area contributed by atoms with Crippen molar-refractivity contribution >= 4 is 117 Å². The average Bonchev–Trinajstić information content (AvgIpc) is 1.61. The van der Waals surface area contributed by atoms with Crippen molar-refractivity contribution in [1.82, 2.24) is 63.6 Å². The molecule has 15 atom stereocenters. The van der Waals surface area contributed by atoms with Crippen LogP contribution in [-0.4, -0.2) is 228 Å². The van der Waals surface area contributed by atoms with Crippen molar-refractivity contribution in [3.8, 4) is 40.3 Å². The molecule has 6 fully saturated rings. The number of aromatic nitrogens is 13. The number of nitrogens with zero attached hydrogens (tertiary/aromatic N) is 12. The lowest BCUT2D eigenvalue weighted by atomic mass is 9.93. The molecule has 38 heteroatoms. The van der Waals surface area contributed by atoms with Crippen molar-refractivity contribution in [2.75, 3.05) is 52.9 Å². The largest absolute Gasteiger partial charge is 0.456 e. The number of ether oxygens (including phenoxy) is 11. The number of hydrogen-bond donors (Lipinski definition) is 2. The summed E-state index contributed by atoms with van der Waals surface area (Å²) in [6, 6.07) is 19.5. The van der Waals surface area contributed by atoms with Crippen LogP contribution in [0.1, 0.15) is 129 Å². The van der Waals surface area contributed by atoms with Gasteiger partial charge in [0.15, 0.2) is 51.9 Å². The summed E-state index contributed by atoms with van der Waals surface area (Å²) in [5, 5.41) is 20.1. The Kier molecular flexibility index (Phi) is 28.6. The molecule has 0 radical (unpaired) electrons. The quantitative estimate of drug-likeness (QED) is 0.0340. The van der Waals surface area contributed by atoms with E-state index in [1.807, 2.05) is 53.8 Å². The highest BCUT2D eigenvalue weighted by atomic mass is 79.9. The maximum atomic E-state index is 15.8. The van der Waals surface area contributed by atoms with Gasteiger partial charge in [-0.15, -0.1) is 0 Å². The van der Waals surface area contributed by atoms with Gasteiger partial charge < -0.3 is 71.0 Å². The molecule has 27 nitrogen and oxygen atoms in total. The minimum absolute atomic E-state index is 0.00536. The van der Waals surface area contributed by atoms with Crippen LogP contribution < -0.4 is 14.2 Å². The summed E-state index contributed by atoms with van der Waals surface area (Å²) in [7, 11) is -2.94. The summed E-state index contributed by atoms with van der Waals surface area (Å²) in [5.74, 6) is -0.663. The monoisotopic (exact) mass is 2060 g/mol. The SMILES string of the molecule is CC(C)(C)[Si](C)(C)O[C@@H]1CO[C@H]2[C@@H]1OC[C@H]2Oc1nc2cc(Cl)c(CC3CCc4cc(Br)cc(F)c43)nc2n1COCC[Si](C)(C)C.Cn1cc(-c2cc(F)c3c(c2)CCC3Cc2nc3c(cc2Cl)nc(O[C@@H]2CO[C@H]4[C@@H]2OC[C@H]4O[Si](C)(C)C(C)(C)C)n3COCC[Si](C)(C)C)cn1.Cn1cc(-c2cc(F)c3c(c2)CCC3Cc2nc3nc(O[C@@H]4CO[C@H]5[C@@H]4OC[C@H]5O)[nH]c3cc2Cl)cn1. The fourth-order valence-electron chi connectivity index (χ4n) is 19.5. The Labute approximate surface area is 819 Å². The van der Waals surface area contributed by atoms with Crippen LogP contribution in [-0.2, 0) is 113 Å². The van der Waals surface area contributed by atoms with Crippen molar-refractivity contribution in [3.63, 3.8) is 0 Å². The number of imidazole rings is 3. The van der Waals surface area contributed by atoms with Crippen LogP contribution in [0, 0.1) is 17.5 Å². The number of pyridine rings is 3. The Bertz CT molecular complexity index is 6240. The van der Waals surface area contributed by atoms with Crippen molar-refractivity contribution in [1.29, 1.82) is 0 Å². The van der Waals surface area contributed by atoms with Crippen LogP contribution in [0.3, 0.4) is 0 Å². The molecule has 20 rings (SSSR count). The van der Waals surface area contributed by atoms with Crippen molar-refractivity contribution in [2.24, 2.45) is 14.1 Å². The average molecular weight is 2070 g/mol. The first kappa shape index (κ1) is 99.1. The number of rotatable bonds is 28. The zero-order valence-corrected chi connectivity index (χ0v) is 88.6. The summed E-state index contributed by atoms with van der Waals surface area (Å²) >= 11 is 23.8. The van der Waals surface area contributed by atoms with E-state index in [-0.39, 0.29) is 139 Å². The Hall–Kier alpha value is -7.09. The summed E-state index contributed by atoms with van der Waals surface area (Å²) in [4.78, 5) is 32.1. The molecule has 14 heterocycles. The third kappa shape index (κ3) is 21.2. The number of nitrogens with one attached hydrogen (secondary N) is 1. The molecular formula is C98H126BrCl3F3N13O14Si4. The molecule has 0 saturated carbocycles. The molecule has 11 aromatic rings. The van der Waals surface area contributed by atoms with Gasteiger partial charge in [-0.2, -0.15) is 25.1 Å². The summed E-state index contributed by atoms with van der Waals surface area (Å²) < 4.78 is 135. The lowest BCUT2D eigenvalue weighted by molar-refractivity contribution is 0.00684. The topological polar surface area (TPSA) is 279 Å². The minimum atomic E-state index is -2.03. The number of hydrogen-bond acceptors (Lipinski definition) is 22. The van der Waals surface area contributed by atoms with Gasteiger partial charge in [0, 0.05) is 71.5 Å². The third-order valence-corrected chi connectivity index (χ3v) is 42.9. The lowest BCUT2D eigenvalue weighted by Gasteiger charge is -2.39. The Morgan fingerprint density at radius 3 is 1.27 bits per heavy atom. The fourth-order valence-corrected chi connectivity index (χ4v) is 24.8. The molecule has 3 aliphatic carbocycles. The van der Waals surface area contributed by atoms with Crippen LogP contribution in [0.15, 0.2) is 83.9 Å². The minimum Gasteiger partial charge on any atom is -0.456 e. The van der Waals surface area contributed by atoms with Gasteiger partial charge in [0.2, 0.25) is 0 Å². The summed E-state index contributed by atoms with van der Waals surface area (Å²) in [6.45, 7) is 40.3. The predicted octanol–water partition coefficient (Wildman–Crippen LogP) is 20.0. The number of aliphatic hydroxyl groups is 1. The summed E-state index contributed by atoms with van der Waals surface area (Å²) in [6.07, 6.45) is 10.0. The van der Waals surface area contributed by atoms with Crippen LogP contribution in [0.5, 0.6) is 18.0 Å². The second-order valence-corrected chi connectivity index (χ2v) is 66.4. The molecule has 6 aliphatic heterocycles. The van der Waals surface area contributed by atoms with Gasteiger partial charge in [-0.25, -0.2) is 28.1 Å². The first-order valence-electron chi connectivity index (χ1n) is 47.6. The number of halogens is 7. The van der Waals surface area contributed by atoms with Crippen molar-refractivity contribution in [3.05, 3.63) is 167 Å². The van der Waals surface area contributed by atoms with Crippen LogP contribution >= 0.6 is 50.7 Å². The maximum Gasteiger partial charge on any atom is 0.301 e. The number of H-pyrrole nitrogens is 1. The maximum absolute atomic E-state index is 15.8. The van der Waals surface area contributed by atoms with E-state index in [1.165, 1.54) is 0 Å². The van der Waals surface area contributed by atoms with Gasteiger partial charge in [-0.3, -0.25) is 18.5 Å². The normalized spacial score (nSPS) is 24.8. The second-order valence-electron chi connectivity index (χ2n) is 43.5. The van der Waals surface area contributed by atoms with Crippen molar-refractivity contribution < 1.29 is 79.2 Å². The van der Waals surface area contributed by atoms with E-state index >= 15 is 13.2 Å². The molecule has 0 bridgehead atoms. The molecular weight excluding hydrogens is 1940 g/mol. The highest BCUT2D eigenvalue weighted by Gasteiger charge is 2.56. The highest BCUT2D eigenvalue weighted by Crippen LogP contribution is 2.49. The van der Waals surface area contributed by atoms with E-state index in [1.54, 1.807) is 46.0 Å². The third-order valence-electron chi connectivity index (χ3n) is 29.0. The Balaban J connectivity index is 0.000000138. The molecule has 8 aromatic heterocycles. The Morgan fingerprint density at radius 2 is 0.846 bits per heavy atom. The second kappa shape index (κ2) is 39.3. The van der Waals surface area contributed by atoms with E-state index in [2.05, 4.69) is 155 Å². The van der Waals surface area contributed by atoms with Gasteiger partial charge in [0.1, 0.15) is 84.7 Å². The molecule has 9 aliphatic rings. The van der Waals surface area contributed by atoms with E-state index in [9.17, 15) is 5.11 Å². The van der Waals surface area contributed by atoms with Crippen LogP contribution in [0.25, 0.3) is 55.7 Å². The first-order chi connectivity index (χ1) is 64.4. The van der Waals surface area contributed by atoms with Gasteiger partial charge in [0.05, 0.1) is 102 Å². The lowest BCUT2D eigenvalue weighted by Crippen LogP contribution is -2.47. The van der Waals surface area contributed by atoms with E-state index in [0.29, 0.717) is 143 Å². The predicted molar refractivity (Wildman–Crippen MR) is 530 cm³/mol. The van der Waals surface area contributed by atoms with E-state index < -0.39 is 38.9 Å². The molecule has 2 N–H and O–H groups in total. The van der Waals surface area contributed by atoms with Gasteiger partial charge in [-0.05, 0) is 211 Å². The fraction of sp³-hybridized carbons (Fsp3) is 0.571. The van der Waals surface area contributed by atoms with Gasteiger partial charge >= 0.3 is 12.0 Å². The molecule has 136 heavy (non-hydrogen) atoms. The highest BCUT2D eigenvalue weighted by molar-refractivity contribution is 9.10. The summed E-state index contributed by atoms with van der Waals surface area (Å²) in [5.41, 5.74) is 14.5. The van der Waals surface area contributed by atoms with Gasteiger partial charge in [-0.1, -0.05) is 144 Å². The molecule has 0 amide bonds. The van der Waals surface area contributed by atoms with E-state index in [4.69, 9.17) is 121 Å². The van der Waals surface area contributed by atoms with Crippen LogP contribution in [0.4, 0.5) is 13.2 Å². The number of aliphatic hydroxyl groups excluding tert-OH is 1. The zero-order chi connectivity index (χ0) is 96.3. The molecule has 0 spiro atoms. The number of aromatic amines is 1. The standard InChI is InChI=1S/C38H53ClFN5O5Si2.C34H48BrClFN3O5Si2.C26H25ClFN5O4/c1-38(2,3)52(8,9)50-32-21-48-34-31(20-47-35(32)34)49-37-43-30-17-27(39)29(42-36(30)45(37)22-46-12-13-51(5,6)7)16-24-11-10-23-14-25(15-28(40)33(23)24)26-18-41-44(4)19-26;1-34(2,3)47(7,8)45-28-18-43-30-27(17-42-31(28)30)44-33-39-26-16-23(36)25(38-32(26)40(33)19-41-11-12-46(4,5)6)14-21-10-9-20-13-22(35)15-24(37)29(20)21;1-33-9-15(8-29-33)14-4-12-2-3-13(22(12)17(28)5-14)6-18-16(27)7-19-25(30-18)32-26(31-19)37-21-11-36-23-20(34)10-35-24(21)23/h14-15,17-19,24,31-32,34-35H,10-13,16,20-22H2,1-9H3;13,15-16,21,27-28,30-31H,9-12,14,17-19H2,1-8H3;4-5,7-9,13,20-21,23-24,34H,2-3,6,10-11H2,1H3,(H,30,31,32)/t24?,31-,32-,34-,35-;21?,27-,28-,30-,31-;13?,20-,21-,23-,24-/m111/s1. The number of benzene rings is 3. The first-order valence-corrected chi connectivity index (χ1v) is 62.7. The van der Waals surface area contributed by atoms with E-state index in [0.717, 1.165) is 111 Å². The van der Waals surface area contributed by atoms with Crippen molar-refractivity contribution in [2.45, 2.75) is 291 Å². The number of fused-ring (bicyclic) bond motifs is 9. The Morgan fingerprint density at radius 1 is 0.463 bits per heavy atom.